The number of nitrogens with one attached hydrogen (secondary N) is 1. The maximum absolute atomic E-state index is 13.8. The Morgan fingerprint density at radius 1 is 0.946 bits per heavy atom. The number of hydrogen-bond donors (Lipinski definition) is 1. The van der Waals surface area contributed by atoms with Gasteiger partial charge in [0.05, 0.1) is 12.1 Å². The van der Waals surface area contributed by atoms with Crippen molar-refractivity contribution >= 4 is 29.6 Å². The van der Waals surface area contributed by atoms with Crippen LogP contribution in [0.15, 0.2) is 11.6 Å². The predicted molar refractivity (Wildman–Crippen MR) is 141 cm³/mol. The molecule has 1 aliphatic rings. The molecule has 0 bridgehead atoms. The second kappa shape index (κ2) is 12.2. The molecule has 0 unspecified atom stereocenters. The molecule has 0 saturated carbocycles. The minimum Gasteiger partial charge on any atom is -0.342 e. The van der Waals surface area contributed by atoms with Crippen molar-refractivity contribution in [3.05, 3.63) is 11.6 Å². The van der Waals surface area contributed by atoms with E-state index in [1.54, 1.807) is 13.1 Å². The van der Waals surface area contributed by atoms with Gasteiger partial charge in [-0.25, -0.2) is 4.79 Å². The van der Waals surface area contributed by atoms with Crippen LogP contribution in [-0.2, 0) is 28.8 Å². The number of carbonyl (C=O) groups is 5. The first-order valence-corrected chi connectivity index (χ1v) is 12.7. The molecule has 0 aromatic rings. The lowest BCUT2D eigenvalue weighted by atomic mass is 9.82. The maximum Gasteiger partial charge on any atom is 0.359 e. The van der Waals surface area contributed by atoms with Crippen molar-refractivity contribution in [3.63, 3.8) is 0 Å². The summed E-state index contributed by atoms with van der Waals surface area (Å²) in [6.07, 6.45) is 1.60. The molecular weight excluding hydrogens is 476 g/mol. The summed E-state index contributed by atoms with van der Waals surface area (Å²) in [5.41, 5.74) is -0.794. The molecule has 10 heteroatoms. The van der Waals surface area contributed by atoms with Crippen LogP contribution in [0.5, 0.6) is 0 Å². The molecule has 0 aromatic heterocycles. The number of likely N-dealkylation sites (N-methyl/N-ethyl adjacent to an activating group) is 2. The Bertz CT molecular complexity index is 910. The lowest BCUT2D eigenvalue weighted by molar-refractivity contribution is -0.194. The number of amides is 4. The molecule has 210 valence electrons. The average molecular weight is 523 g/mol. The molecule has 0 spiro atoms. The first kappa shape index (κ1) is 32.3. The highest BCUT2D eigenvalue weighted by atomic mass is 16.7. The number of imide groups is 1. The van der Waals surface area contributed by atoms with Gasteiger partial charge in [0.25, 0.3) is 11.8 Å². The van der Waals surface area contributed by atoms with Gasteiger partial charge in [-0.05, 0) is 37.8 Å². The van der Waals surface area contributed by atoms with Gasteiger partial charge in [0.2, 0.25) is 11.8 Å². The van der Waals surface area contributed by atoms with E-state index in [2.05, 4.69) is 5.32 Å². The Morgan fingerprint density at radius 3 is 1.81 bits per heavy atom. The van der Waals surface area contributed by atoms with E-state index >= 15 is 0 Å². The van der Waals surface area contributed by atoms with Gasteiger partial charge >= 0.3 is 5.97 Å². The Hall–Kier alpha value is -2.75. The number of carbonyl (C=O) groups excluding carboxylic acids is 5. The van der Waals surface area contributed by atoms with Crippen LogP contribution in [0.4, 0.5) is 0 Å². The van der Waals surface area contributed by atoms with Crippen molar-refractivity contribution in [1.82, 2.24) is 20.2 Å². The zero-order chi connectivity index (χ0) is 29.0. The zero-order valence-corrected chi connectivity index (χ0v) is 24.6. The van der Waals surface area contributed by atoms with Gasteiger partial charge < -0.3 is 15.1 Å². The first-order valence-electron chi connectivity index (χ1n) is 12.7. The third-order valence-corrected chi connectivity index (χ3v) is 6.39. The van der Waals surface area contributed by atoms with E-state index in [1.807, 2.05) is 74.4 Å². The Kier molecular flexibility index (Phi) is 10.6. The molecule has 1 fully saturated rings. The molecule has 10 nitrogen and oxygen atoms in total. The van der Waals surface area contributed by atoms with E-state index in [1.165, 1.54) is 11.8 Å². The van der Waals surface area contributed by atoms with Gasteiger partial charge in [0.1, 0.15) is 6.04 Å². The summed E-state index contributed by atoms with van der Waals surface area (Å²) in [6, 6.07) is -1.79. The summed E-state index contributed by atoms with van der Waals surface area (Å²) in [5, 5.41) is 3.49. The quantitative estimate of drug-likeness (QED) is 0.365. The van der Waals surface area contributed by atoms with Gasteiger partial charge in [-0.1, -0.05) is 61.5 Å². The van der Waals surface area contributed by atoms with E-state index in [0.29, 0.717) is 5.06 Å². The van der Waals surface area contributed by atoms with Crippen molar-refractivity contribution in [2.45, 2.75) is 93.3 Å². The Balaban J connectivity index is 3.22. The van der Waals surface area contributed by atoms with Crippen LogP contribution in [0, 0.1) is 16.7 Å². The number of hydroxylamine groups is 2. The molecule has 1 saturated heterocycles. The van der Waals surface area contributed by atoms with Gasteiger partial charge in [-0.2, -0.15) is 0 Å². The van der Waals surface area contributed by atoms with Crippen molar-refractivity contribution in [1.29, 1.82) is 0 Å². The third-order valence-electron chi connectivity index (χ3n) is 6.39. The van der Waals surface area contributed by atoms with Crippen molar-refractivity contribution in [2.75, 3.05) is 21.1 Å². The highest BCUT2D eigenvalue weighted by Gasteiger charge is 2.41. The van der Waals surface area contributed by atoms with Crippen molar-refractivity contribution in [2.24, 2.45) is 16.7 Å². The molecule has 1 N–H and O–H groups in total. The van der Waals surface area contributed by atoms with Crippen LogP contribution in [0.25, 0.3) is 0 Å². The normalized spacial score (nSPS) is 17.7. The zero-order valence-electron chi connectivity index (χ0n) is 24.6. The van der Waals surface area contributed by atoms with E-state index < -0.39 is 41.3 Å². The van der Waals surface area contributed by atoms with Crippen LogP contribution in [0.3, 0.4) is 0 Å². The second-order valence-electron chi connectivity index (χ2n) is 12.5. The monoisotopic (exact) mass is 522 g/mol. The molecule has 4 amide bonds. The third kappa shape index (κ3) is 8.38. The fourth-order valence-electron chi connectivity index (χ4n) is 4.51. The fourth-order valence-corrected chi connectivity index (χ4v) is 4.51. The summed E-state index contributed by atoms with van der Waals surface area (Å²) in [5.74, 6) is -2.59. The fraction of sp³-hybridized carbons (Fsp3) is 0.741. The molecule has 1 rings (SSSR count). The SMILES string of the molecule is C/C(=C\[C@H](C(C)C)N(C)C(=O)[C@@H](NC(=O)[C@@H](N(C)C)C(C)(C)C)C(C)(C)C)C(=O)ON1C(=O)CCC1=O. The molecule has 0 aliphatic carbocycles. The maximum atomic E-state index is 13.8. The van der Waals surface area contributed by atoms with Gasteiger partial charge in [0.15, 0.2) is 0 Å². The highest BCUT2D eigenvalue weighted by molar-refractivity contribution is 6.02. The minimum absolute atomic E-state index is 0.00450. The first-order chi connectivity index (χ1) is 16.7. The molecule has 0 aromatic carbocycles. The summed E-state index contributed by atoms with van der Waals surface area (Å²) < 4.78 is 0. The topological polar surface area (TPSA) is 116 Å². The molecule has 1 aliphatic heterocycles. The molecule has 3 atom stereocenters. The van der Waals surface area contributed by atoms with Gasteiger partial charge in [-0.3, -0.25) is 24.1 Å². The smallest absolute Gasteiger partial charge is 0.342 e. The second-order valence-corrected chi connectivity index (χ2v) is 12.5. The minimum atomic E-state index is -0.838. The molecule has 0 radical (unpaired) electrons. The van der Waals surface area contributed by atoms with Crippen LogP contribution in [0.2, 0.25) is 0 Å². The van der Waals surface area contributed by atoms with Gasteiger partial charge in [0, 0.05) is 25.5 Å². The number of nitrogens with zero attached hydrogens (tertiary/aromatic N) is 3. The van der Waals surface area contributed by atoms with Crippen LogP contribution in [-0.4, -0.2) is 83.7 Å². The standard InChI is InChI=1S/C27H46N4O6/c1-16(2)18(15-17(3)25(36)37-31-19(32)13-14-20(31)33)30(12)24(35)21(26(4,5)6)28-23(34)22(29(10)11)27(7,8)9/h15-16,18,21-22H,13-14H2,1-12H3,(H,28,34)/b17-15+/t18-,21-,22-/m1/s1. The van der Waals surface area contributed by atoms with E-state index in [4.69, 9.17) is 4.84 Å². The lowest BCUT2D eigenvalue weighted by Crippen LogP contribution is -2.60. The van der Waals surface area contributed by atoms with Crippen LogP contribution >= 0.6 is 0 Å². The van der Waals surface area contributed by atoms with E-state index in [0.717, 1.165) is 0 Å². The number of rotatable bonds is 9. The largest absolute Gasteiger partial charge is 0.359 e. The highest BCUT2D eigenvalue weighted by Crippen LogP contribution is 2.27. The molecule has 1 heterocycles. The summed E-state index contributed by atoms with van der Waals surface area (Å²) in [4.78, 5) is 71.7. The summed E-state index contributed by atoms with van der Waals surface area (Å²) in [6.45, 7) is 16.9. The predicted octanol–water partition coefficient (Wildman–Crippen LogP) is 2.53. The Morgan fingerprint density at radius 2 is 1.43 bits per heavy atom. The summed E-state index contributed by atoms with van der Waals surface area (Å²) >= 11 is 0. The average Bonchev–Trinajstić information content (AvgIpc) is 3.04. The van der Waals surface area contributed by atoms with E-state index in [-0.39, 0.29) is 41.6 Å². The van der Waals surface area contributed by atoms with Gasteiger partial charge in [-0.15, -0.1) is 5.06 Å². The van der Waals surface area contributed by atoms with Crippen LogP contribution < -0.4 is 5.32 Å². The Labute approximate surface area is 221 Å². The number of hydrogen-bond acceptors (Lipinski definition) is 7. The lowest BCUT2D eigenvalue weighted by Gasteiger charge is -2.40. The van der Waals surface area contributed by atoms with Crippen molar-refractivity contribution < 1.29 is 28.8 Å². The summed E-state index contributed by atoms with van der Waals surface area (Å²) in [7, 11) is 5.30. The van der Waals surface area contributed by atoms with Crippen LogP contribution in [0.1, 0.15) is 75.2 Å². The molecular formula is C27H46N4O6. The van der Waals surface area contributed by atoms with E-state index in [9.17, 15) is 24.0 Å². The van der Waals surface area contributed by atoms with Crippen molar-refractivity contribution in [3.8, 4) is 0 Å². The molecule has 37 heavy (non-hydrogen) atoms.